The Morgan fingerprint density at radius 1 is 0.607 bits per heavy atom. The zero-order valence-electron chi connectivity index (χ0n) is 17.5. The molecule has 0 atom stereocenters. The van der Waals surface area contributed by atoms with Gasteiger partial charge in [0, 0.05) is 18.9 Å². The molecular weight excluding hydrogens is 352 g/mol. The summed E-state index contributed by atoms with van der Waals surface area (Å²) in [6.07, 6.45) is 20.3. The molecule has 4 nitrogen and oxygen atoms in total. The third-order valence-corrected chi connectivity index (χ3v) is 5.84. The van der Waals surface area contributed by atoms with E-state index in [9.17, 15) is 14.7 Å². The normalized spacial score (nSPS) is 20.1. The van der Waals surface area contributed by atoms with Crippen LogP contribution in [0.1, 0.15) is 125 Å². The van der Waals surface area contributed by atoms with Gasteiger partial charge in [-0.25, -0.2) is 4.79 Å². The molecule has 3 rings (SSSR count). The van der Waals surface area contributed by atoms with Crippen molar-refractivity contribution < 1.29 is 14.3 Å². The minimum atomic E-state index is -0.682. The first kappa shape index (κ1) is 22.7. The van der Waals surface area contributed by atoms with Gasteiger partial charge in [0.15, 0.2) is 5.78 Å². The number of fused-ring (bicyclic) bond motifs is 20. The first-order chi connectivity index (χ1) is 13.7. The topological polar surface area (TPSA) is 67.5 Å². The van der Waals surface area contributed by atoms with Crippen molar-refractivity contribution in [3.63, 3.8) is 0 Å². The highest BCUT2D eigenvalue weighted by Crippen LogP contribution is 2.20. The summed E-state index contributed by atoms with van der Waals surface area (Å²) in [7, 11) is 0. The van der Waals surface area contributed by atoms with Crippen molar-refractivity contribution in [1.29, 1.82) is 0 Å². The van der Waals surface area contributed by atoms with Gasteiger partial charge in [0.25, 0.3) is 0 Å². The van der Waals surface area contributed by atoms with Gasteiger partial charge in [-0.2, -0.15) is 0 Å². The average Bonchev–Trinajstić information content (AvgIpc) is 2.66. The molecule has 1 aliphatic heterocycles. The molecule has 0 aromatic carbocycles. The van der Waals surface area contributed by atoms with Gasteiger partial charge >= 0.3 is 5.63 Å². The van der Waals surface area contributed by atoms with Crippen molar-refractivity contribution in [3.05, 3.63) is 27.8 Å². The highest BCUT2D eigenvalue weighted by atomic mass is 16.4. The van der Waals surface area contributed by atoms with Crippen LogP contribution < -0.4 is 5.63 Å². The Labute approximate surface area is 169 Å². The van der Waals surface area contributed by atoms with Gasteiger partial charge < -0.3 is 9.52 Å². The van der Waals surface area contributed by atoms with E-state index in [4.69, 9.17) is 4.42 Å². The Kier molecular flexibility index (Phi) is 11.0. The van der Waals surface area contributed by atoms with E-state index in [2.05, 4.69) is 0 Å². The lowest BCUT2D eigenvalue weighted by Crippen LogP contribution is -2.15. The molecule has 158 valence electrons. The summed E-state index contributed by atoms with van der Waals surface area (Å²) in [5, 5.41) is 10.2. The minimum absolute atomic E-state index is 0.165. The molecule has 1 aliphatic carbocycles. The molecule has 0 spiro atoms. The highest BCUT2D eigenvalue weighted by Gasteiger charge is 2.18. The lowest BCUT2D eigenvalue weighted by Gasteiger charge is -2.06. The van der Waals surface area contributed by atoms with Gasteiger partial charge in [-0.05, 0) is 12.8 Å². The molecule has 1 aromatic rings. The van der Waals surface area contributed by atoms with Crippen LogP contribution in [0.25, 0.3) is 0 Å². The van der Waals surface area contributed by atoms with Crippen molar-refractivity contribution in [2.75, 3.05) is 0 Å². The van der Waals surface area contributed by atoms with E-state index in [1.54, 1.807) is 0 Å². The zero-order valence-corrected chi connectivity index (χ0v) is 17.5. The molecule has 0 unspecified atom stereocenters. The van der Waals surface area contributed by atoms with Gasteiger partial charge in [0.05, 0.1) is 0 Å². The average molecular weight is 391 g/mol. The molecular formula is C24H38O4. The number of carbonyl (C=O) groups is 1. The minimum Gasteiger partial charge on any atom is -0.507 e. The van der Waals surface area contributed by atoms with Crippen LogP contribution in [0.5, 0.6) is 5.75 Å². The maximum absolute atomic E-state index is 12.3. The first-order valence-corrected chi connectivity index (χ1v) is 11.6. The van der Waals surface area contributed by atoms with Crippen LogP contribution in [0.3, 0.4) is 0 Å². The van der Waals surface area contributed by atoms with E-state index in [-0.39, 0.29) is 17.1 Å². The largest absolute Gasteiger partial charge is 0.507 e. The molecule has 1 N–H and O–H groups in total. The molecule has 4 heteroatoms. The van der Waals surface area contributed by atoms with E-state index in [0.29, 0.717) is 18.6 Å². The molecule has 2 heterocycles. The van der Waals surface area contributed by atoms with Crippen LogP contribution in [0.4, 0.5) is 0 Å². The molecule has 2 bridgehead atoms. The number of aryl methyl sites for hydroxylation is 1. The fourth-order valence-corrected chi connectivity index (χ4v) is 4.09. The Balaban J connectivity index is 1.89. The summed E-state index contributed by atoms with van der Waals surface area (Å²) in [5.41, 5.74) is -0.847. The fourth-order valence-electron chi connectivity index (χ4n) is 4.09. The smallest absolute Gasteiger partial charge is 0.350 e. The summed E-state index contributed by atoms with van der Waals surface area (Å²) in [5.74, 6) is -0.0247. The standard InChI is InChI=1S/C24H38O4/c25-21-18-16-14-12-10-8-6-4-2-1-3-5-7-9-11-13-15-17-20-19-22(26)23(21)24(27)28-20/h19,26H,1-18H2. The second-order valence-corrected chi connectivity index (χ2v) is 8.34. The van der Waals surface area contributed by atoms with Gasteiger partial charge in [-0.15, -0.1) is 0 Å². The molecule has 1 aromatic heterocycles. The summed E-state index contributed by atoms with van der Waals surface area (Å²) in [4.78, 5) is 24.5. The molecule has 0 amide bonds. The number of rotatable bonds is 0. The Morgan fingerprint density at radius 3 is 1.43 bits per heavy atom. The van der Waals surface area contributed by atoms with E-state index in [1.807, 2.05) is 0 Å². The van der Waals surface area contributed by atoms with Crippen LogP contribution in [0.2, 0.25) is 0 Å². The van der Waals surface area contributed by atoms with Crippen LogP contribution in [0.15, 0.2) is 15.3 Å². The van der Waals surface area contributed by atoms with Gasteiger partial charge in [0.1, 0.15) is 17.1 Å². The molecule has 28 heavy (non-hydrogen) atoms. The van der Waals surface area contributed by atoms with E-state index < -0.39 is 5.63 Å². The third-order valence-electron chi connectivity index (χ3n) is 5.84. The van der Waals surface area contributed by atoms with Crippen LogP contribution >= 0.6 is 0 Å². The first-order valence-electron chi connectivity index (χ1n) is 11.6. The van der Waals surface area contributed by atoms with Crippen molar-refractivity contribution in [1.82, 2.24) is 0 Å². The second-order valence-electron chi connectivity index (χ2n) is 8.34. The summed E-state index contributed by atoms with van der Waals surface area (Å²) >= 11 is 0. The lowest BCUT2D eigenvalue weighted by atomic mass is 10.0. The quantitative estimate of drug-likeness (QED) is 0.534. The monoisotopic (exact) mass is 390 g/mol. The lowest BCUT2D eigenvalue weighted by molar-refractivity contribution is 0.0971. The van der Waals surface area contributed by atoms with Crippen molar-refractivity contribution in [2.45, 2.75) is 116 Å². The van der Waals surface area contributed by atoms with Gasteiger partial charge in [-0.1, -0.05) is 89.9 Å². The number of Topliss-reactive ketones (excluding diaryl/α,β-unsaturated/α-hetero) is 1. The maximum Gasteiger partial charge on any atom is 0.350 e. The number of ketones is 1. The number of carbonyl (C=O) groups excluding carboxylic acids is 1. The van der Waals surface area contributed by atoms with Gasteiger partial charge in [0.2, 0.25) is 0 Å². The van der Waals surface area contributed by atoms with E-state index in [0.717, 1.165) is 32.1 Å². The zero-order chi connectivity index (χ0) is 20.0. The summed E-state index contributed by atoms with van der Waals surface area (Å²) in [6, 6.07) is 1.46. The fraction of sp³-hybridized carbons (Fsp3) is 0.750. The van der Waals surface area contributed by atoms with Crippen LogP contribution in [-0.4, -0.2) is 10.9 Å². The Morgan fingerprint density at radius 2 is 1.00 bits per heavy atom. The summed E-state index contributed by atoms with van der Waals surface area (Å²) in [6.45, 7) is 0. The maximum atomic E-state index is 12.3. The Hall–Kier alpha value is -1.58. The molecule has 2 aliphatic rings. The Bertz CT molecular complexity index is 632. The third kappa shape index (κ3) is 8.62. The number of hydrogen-bond donors (Lipinski definition) is 1. The second kappa shape index (κ2) is 13.6. The van der Waals surface area contributed by atoms with Crippen LogP contribution in [0, 0.1) is 0 Å². The van der Waals surface area contributed by atoms with E-state index >= 15 is 0 Å². The highest BCUT2D eigenvalue weighted by molar-refractivity contribution is 5.97. The SMILES string of the molecule is O=C1CCCCCCCCCCCCCCCCCCc2cc(O)c1c(=O)o2. The van der Waals surface area contributed by atoms with Crippen molar-refractivity contribution in [3.8, 4) is 5.75 Å². The molecule has 0 saturated carbocycles. The molecule has 0 saturated heterocycles. The van der Waals surface area contributed by atoms with Crippen molar-refractivity contribution >= 4 is 5.78 Å². The number of hydrogen-bond acceptors (Lipinski definition) is 4. The predicted molar refractivity (Wildman–Crippen MR) is 113 cm³/mol. The predicted octanol–water partition coefficient (Wildman–Crippen LogP) is 6.72. The van der Waals surface area contributed by atoms with Crippen LogP contribution in [-0.2, 0) is 6.42 Å². The number of aromatic hydroxyl groups is 1. The van der Waals surface area contributed by atoms with E-state index in [1.165, 1.54) is 76.7 Å². The summed E-state index contributed by atoms with van der Waals surface area (Å²) < 4.78 is 5.30. The van der Waals surface area contributed by atoms with Gasteiger partial charge in [-0.3, -0.25) is 4.79 Å². The molecule has 0 fully saturated rings. The molecule has 0 radical (unpaired) electrons. The van der Waals surface area contributed by atoms with Crippen molar-refractivity contribution in [2.24, 2.45) is 0 Å².